The highest BCUT2D eigenvalue weighted by Crippen LogP contribution is 2.46. The third kappa shape index (κ3) is 1.32. The summed E-state index contributed by atoms with van der Waals surface area (Å²) in [5.41, 5.74) is -0.954. The van der Waals surface area contributed by atoms with Crippen molar-refractivity contribution in [1.29, 1.82) is 0 Å². The van der Waals surface area contributed by atoms with E-state index in [2.05, 4.69) is 4.98 Å². The third-order valence-electron chi connectivity index (χ3n) is 2.53. The number of hydrogen-bond acceptors (Lipinski definition) is 4. The lowest BCUT2D eigenvalue weighted by Crippen LogP contribution is -2.50. The molecule has 0 atom stereocenters. The highest BCUT2D eigenvalue weighted by molar-refractivity contribution is 7.16. The number of hydrogen-bond donors (Lipinski definition) is 2. The fraction of sp³-hybridized carbons (Fsp3) is 0.500. The molecule has 1 heterocycles. The van der Waals surface area contributed by atoms with E-state index in [4.69, 9.17) is 16.7 Å². The smallest absolute Gasteiger partial charge is 0.315 e. The Labute approximate surface area is 89.2 Å². The number of thiazole rings is 1. The molecule has 14 heavy (non-hydrogen) atoms. The second-order valence-electron chi connectivity index (χ2n) is 3.43. The Morgan fingerprint density at radius 1 is 1.71 bits per heavy atom. The van der Waals surface area contributed by atoms with E-state index in [0.717, 1.165) is 11.3 Å². The van der Waals surface area contributed by atoms with Crippen molar-refractivity contribution in [2.24, 2.45) is 0 Å². The van der Waals surface area contributed by atoms with E-state index in [1.54, 1.807) is 0 Å². The van der Waals surface area contributed by atoms with Crippen LogP contribution in [-0.2, 0) is 10.2 Å². The molecular formula is C8H8ClNO3S. The van der Waals surface area contributed by atoms with E-state index >= 15 is 0 Å². The second-order valence-corrected chi connectivity index (χ2v) is 5.04. The van der Waals surface area contributed by atoms with Gasteiger partial charge < -0.3 is 10.2 Å². The summed E-state index contributed by atoms with van der Waals surface area (Å²) in [5, 5.41) is 18.3. The number of aromatic nitrogens is 1. The van der Waals surface area contributed by atoms with Crippen molar-refractivity contribution >= 4 is 28.9 Å². The van der Waals surface area contributed by atoms with Gasteiger partial charge in [-0.05, 0) is 12.8 Å². The maximum atomic E-state index is 11.1. The molecule has 6 heteroatoms. The van der Waals surface area contributed by atoms with Gasteiger partial charge in [-0.25, -0.2) is 4.98 Å². The summed E-state index contributed by atoms with van der Waals surface area (Å²) in [6, 6.07) is 0. The van der Waals surface area contributed by atoms with Gasteiger partial charge in [0.1, 0.15) is 5.41 Å². The van der Waals surface area contributed by atoms with E-state index in [9.17, 15) is 9.90 Å². The van der Waals surface area contributed by atoms with E-state index in [0.29, 0.717) is 9.34 Å². The molecule has 0 unspecified atom stereocenters. The average Bonchev–Trinajstić information content (AvgIpc) is 2.45. The molecule has 1 aliphatic rings. The standard InChI is InChI=1S/C8H8ClNO3S/c9-7-10-3-5(14-7)8(6(12)13)1-4(11)2-8/h3-4,11H,1-2H2,(H,12,13). The molecule has 2 N–H and O–H groups in total. The lowest BCUT2D eigenvalue weighted by atomic mass is 9.66. The fourth-order valence-corrected chi connectivity index (χ4v) is 2.84. The summed E-state index contributed by atoms with van der Waals surface area (Å²) in [6.07, 6.45) is 1.46. The summed E-state index contributed by atoms with van der Waals surface area (Å²) in [4.78, 5) is 15.5. The minimum Gasteiger partial charge on any atom is -0.481 e. The number of rotatable bonds is 2. The Morgan fingerprint density at radius 2 is 2.36 bits per heavy atom. The molecule has 1 aliphatic carbocycles. The first-order chi connectivity index (χ1) is 6.54. The predicted octanol–water partition coefficient (Wildman–Crippen LogP) is 1.27. The summed E-state index contributed by atoms with van der Waals surface area (Å²) >= 11 is 6.80. The highest BCUT2D eigenvalue weighted by Gasteiger charge is 2.52. The van der Waals surface area contributed by atoms with Gasteiger partial charge in [0.25, 0.3) is 0 Å². The first kappa shape index (κ1) is 9.89. The Kier molecular flexibility index (Phi) is 2.25. The van der Waals surface area contributed by atoms with Crippen LogP contribution in [0.25, 0.3) is 0 Å². The number of carboxylic acid groups (broad SMARTS) is 1. The van der Waals surface area contributed by atoms with Gasteiger partial charge in [0.05, 0.1) is 6.10 Å². The molecule has 0 aliphatic heterocycles. The third-order valence-corrected chi connectivity index (χ3v) is 3.85. The van der Waals surface area contributed by atoms with E-state index in [-0.39, 0.29) is 12.8 Å². The van der Waals surface area contributed by atoms with Gasteiger partial charge in [0, 0.05) is 11.1 Å². The normalized spacial score (nSPS) is 31.1. The molecule has 1 aromatic rings. The Morgan fingerprint density at radius 3 is 2.71 bits per heavy atom. The second kappa shape index (κ2) is 3.18. The van der Waals surface area contributed by atoms with Gasteiger partial charge in [0.15, 0.2) is 4.47 Å². The first-order valence-electron chi connectivity index (χ1n) is 4.08. The van der Waals surface area contributed by atoms with Crippen LogP contribution in [0.2, 0.25) is 4.47 Å². The predicted molar refractivity (Wildman–Crippen MR) is 51.7 cm³/mol. The zero-order valence-corrected chi connectivity index (χ0v) is 8.68. The number of aliphatic hydroxyl groups is 1. The maximum absolute atomic E-state index is 11.1. The molecule has 76 valence electrons. The molecule has 1 saturated carbocycles. The molecule has 4 nitrogen and oxygen atoms in total. The number of carbonyl (C=O) groups is 1. The van der Waals surface area contributed by atoms with Crippen LogP contribution in [0.1, 0.15) is 17.7 Å². The molecule has 1 aromatic heterocycles. The minimum absolute atomic E-state index is 0.251. The number of nitrogens with zero attached hydrogens (tertiary/aromatic N) is 1. The topological polar surface area (TPSA) is 70.4 Å². The van der Waals surface area contributed by atoms with Crippen LogP contribution in [-0.4, -0.2) is 27.3 Å². The average molecular weight is 234 g/mol. The number of halogens is 1. The lowest BCUT2D eigenvalue weighted by molar-refractivity contribution is -0.152. The van der Waals surface area contributed by atoms with Crippen LogP contribution >= 0.6 is 22.9 Å². The van der Waals surface area contributed by atoms with Crippen molar-refractivity contribution in [2.75, 3.05) is 0 Å². The molecular weight excluding hydrogens is 226 g/mol. The summed E-state index contributed by atoms with van der Waals surface area (Å²) in [5.74, 6) is -0.914. The lowest BCUT2D eigenvalue weighted by Gasteiger charge is -2.40. The highest BCUT2D eigenvalue weighted by atomic mass is 35.5. The minimum atomic E-state index is -0.954. The van der Waals surface area contributed by atoms with Gasteiger partial charge in [-0.2, -0.15) is 0 Å². The van der Waals surface area contributed by atoms with Gasteiger partial charge in [-0.1, -0.05) is 11.6 Å². The van der Waals surface area contributed by atoms with E-state index < -0.39 is 17.5 Å². The maximum Gasteiger partial charge on any atom is 0.315 e. The summed E-state index contributed by atoms with van der Waals surface area (Å²) in [7, 11) is 0. The van der Waals surface area contributed by atoms with Crippen molar-refractivity contribution in [3.05, 3.63) is 15.5 Å². The van der Waals surface area contributed by atoms with Crippen molar-refractivity contribution in [3.8, 4) is 0 Å². The number of aliphatic hydroxyl groups excluding tert-OH is 1. The van der Waals surface area contributed by atoms with Crippen molar-refractivity contribution < 1.29 is 15.0 Å². The molecule has 0 aromatic carbocycles. The molecule has 2 rings (SSSR count). The Bertz CT molecular complexity index is 372. The number of aliphatic carboxylic acids is 1. The first-order valence-corrected chi connectivity index (χ1v) is 5.27. The monoisotopic (exact) mass is 233 g/mol. The van der Waals surface area contributed by atoms with Crippen LogP contribution in [0.15, 0.2) is 6.20 Å². The van der Waals surface area contributed by atoms with Crippen LogP contribution in [0, 0.1) is 0 Å². The largest absolute Gasteiger partial charge is 0.481 e. The van der Waals surface area contributed by atoms with Gasteiger partial charge in [0.2, 0.25) is 0 Å². The molecule has 1 fully saturated rings. The van der Waals surface area contributed by atoms with E-state index in [1.807, 2.05) is 0 Å². The summed E-state index contributed by atoms with van der Waals surface area (Å²) in [6.45, 7) is 0. The molecule has 0 radical (unpaired) electrons. The zero-order chi connectivity index (χ0) is 10.3. The van der Waals surface area contributed by atoms with Crippen LogP contribution in [0.4, 0.5) is 0 Å². The van der Waals surface area contributed by atoms with Crippen LogP contribution in [0.3, 0.4) is 0 Å². The molecule has 0 amide bonds. The van der Waals surface area contributed by atoms with E-state index in [1.165, 1.54) is 6.20 Å². The Hall–Kier alpha value is -0.650. The van der Waals surface area contributed by atoms with Crippen molar-refractivity contribution in [3.63, 3.8) is 0 Å². The molecule has 0 spiro atoms. The quantitative estimate of drug-likeness (QED) is 0.807. The van der Waals surface area contributed by atoms with Crippen LogP contribution < -0.4 is 0 Å². The van der Waals surface area contributed by atoms with Gasteiger partial charge in [-0.15, -0.1) is 11.3 Å². The Balaban J connectivity index is 2.34. The van der Waals surface area contributed by atoms with Gasteiger partial charge >= 0.3 is 5.97 Å². The van der Waals surface area contributed by atoms with Crippen molar-refractivity contribution in [2.45, 2.75) is 24.4 Å². The van der Waals surface area contributed by atoms with Gasteiger partial charge in [-0.3, -0.25) is 4.79 Å². The fourth-order valence-electron chi connectivity index (χ4n) is 1.70. The van der Waals surface area contributed by atoms with Crippen LogP contribution in [0.5, 0.6) is 0 Å². The number of carboxylic acids is 1. The SMILES string of the molecule is O=C(O)C1(c2cnc(Cl)s2)CC(O)C1. The summed E-state index contributed by atoms with van der Waals surface area (Å²) < 4.78 is 0.335. The molecule has 0 bridgehead atoms. The molecule has 0 saturated heterocycles. The van der Waals surface area contributed by atoms with Crippen molar-refractivity contribution in [1.82, 2.24) is 4.98 Å². The zero-order valence-electron chi connectivity index (χ0n) is 7.11.